The maximum absolute atomic E-state index is 12.2. The lowest BCUT2D eigenvalue weighted by Crippen LogP contribution is -2.40. The fourth-order valence-corrected chi connectivity index (χ4v) is 2.09. The zero-order valence-electron chi connectivity index (χ0n) is 12.9. The average Bonchev–Trinajstić information content (AvgIpc) is 2.91. The molecule has 2 amide bonds. The molecule has 2 aromatic rings. The third kappa shape index (κ3) is 3.94. The highest BCUT2D eigenvalue weighted by atomic mass is 16.5. The van der Waals surface area contributed by atoms with Crippen molar-refractivity contribution in [3.63, 3.8) is 0 Å². The first-order valence-electron chi connectivity index (χ1n) is 7.03. The highest BCUT2D eigenvalue weighted by Crippen LogP contribution is 2.15. The van der Waals surface area contributed by atoms with Crippen LogP contribution < -0.4 is 10.2 Å². The Bertz CT molecular complexity index is 652. The Morgan fingerprint density at radius 2 is 2.00 bits per heavy atom. The molecule has 0 radical (unpaired) electrons. The monoisotopic (exact) mass is 301 g/mol. The second-order valence-electron chi connectivity index (χ2n) is 5.10. The number of aryl methyl sites for hydroxylation is 1. The van der Waals surface area contributed by atoms with E-state index in [9.17, 15) is 9.59 Å². The largest absolute Gasteiger partial charge is 0.360 e. The van der Waals surface area contributed by atoms with Crippen LogP contribution >= 0.6 is 0 Å². The number of aromatic nitrogens is 1. The molecule has 0 aliphatic rings. The van der Waals surface area contributed by atoms with Crippen LogP contribution in [0.4, 0.5) is 5.82 Å². The van der Waals surface area contributed by atoms with Crippen LogP contribution in [0, 0.1) is 6.92 Å². The molecule has 1 N–H and O–H groups in total. The molecule has 22 heavy (non-hydrogen) atoms. The Labute approximate surface area is 129 Å². The minimum Gasteiger partial charge on any atom is -0.360 e. The average molecular weight is 301 g/mol. The summed E-state index contributed by atoms with van der Waals surface area (Å²) in [5.41, 5.74) is 1.00. The second kappa shape index (κ2) is 6.89. The van der Waals surface area contributed by atoms with Gasteiger partial charge >= 0.3 is 0 Å². The van der Waals surface area contributed by atoms with Crippen molar-refractivity contribution in [1.82, 2.24) is 10.5 Å². The number of amides is 2. The molecule has 0 saturated heterocycles. The predicted octanol–water partition coefficient (Wildman–Crippen LogP) is 2.21. The van der Waals surface area contributed by atoms with E-state index in [-0.39, 0.29) is 24.4 Å². The van der Waals surface area contributed by atoms with Crippen molar-refractivity contribution >= 4 is 17.6 Å². The highest BCUT2D eigenvalue weighted by molar-refractivity contribution is 5.96. The number of anilines is 1. The molecule has 0 saturated carbocycles. The van der Waals surface area contributed by atoms with Gasteiger partial charge in [0.25, 0.3) is 0 Å². The molecule has 116 valence electrons. The number of hydrogen-bond donors (Lipinski definition) is 1. The summed E-state index contributed by atoms with van der Waals surface area (Å²) in [5, 5.41) is 6.64. The molecule has 1 unspecified atom stereocenters. The first-order valence-corrected chi connectivity index (χ1v) is 7.03. The van der Waals surface area contributed by atoms with E-state index in [1.807, 2.05) is 37.3 Å². The summed E-state index contributed by atoms with van der Waals surface area (Å²) in [4.78, 5) is 25.1. The quantitative estimate of drug-likeness (QED) is 0.918. The van der Waals surface area contributed by atoms with Crippen LogP contribution in [0.2, 0.25) is 0 Å². The lowest BCUT2D eigenvalue weighted by atomic mass is 10.1. The number of benzene rings is 1. The van der Waals surface area contributed by atoms with Crippen LogP contribution in [0.1, 0.15) is 31.2 Å². The number of carbonyl (C=O) groups is 2. The first-order chi connectivity index (χ1) is 10.5. The van der Waals surface area contributed by atoms with Gasteiger partial charge in [0.05, 0.1) is 6.04 Å². The summed E-state index contributed by atoms with van der Waals surface area (Å²) in [5.74, 6) is 0.398. The van der Waals surface area contributed by atoms with Crippen molar-refractivity contribution in [3.05, 3.63) is 47.7 Å². The molecule has 6 heteroatoms. The van der Waals surface area contributed by atoms with Crippen LogP contribution in [0.5, 0.6) is 0 Å². The molecule has 0 fully saturated rings. The Hall–Kier alpha value is -2.63. The molecule has 1 atom stereocenters. The van der Waals surface area contributed by atoms with Crippen molar-refractivity contribution in [2.45, 2.75) is 26.8 Å². The third-order valence-electron chi connectivity index (χ3n) is 3.25. The zero-order valence-corrected chi connectivity index (χ0v) is 12.9. The van der Waals surface area contributed by atoms with Gasteiger partial charge in [-0.25, -0.2) is 0 Å². The molecule has 2 rings (SSSR count). The van der Waals surface area contributed by atoms with E-state index in [1.165, 1.54) is 11.8 Å². The van der Waals surface area contributed by atoms with Crippen LogP contribution in [0.3, 0.4) is 0 Å². The Balaban J connectivity index is 2.01. The van der Waals surface area contributed by atoms with Crippen molar-refractivity contribution in [2.75, 3.05) is 11.4 Å². The van der Waals surface area contributed by atoms with Crippen molar-refractivity contribution in [3.8, 4) is 0 Å². The maximum Gasteiger partial charge on any atom is 0.240 e. The number of hydrogen-bond acceptors (Lipinski definition) is 4. The highest BCUT2D eigenvalue weighted by Gasteiger charge is 2.20. The topological polar surface area (TPSA) is 75.4 Å². The molecule has 6 nitrogen and oxygen atoms in total. The van der Waals surface area contributed by atoms with Crippen molar-refractivity contribution in [1.29, 1.82) is 0 Å². The smallest absolute Gasteiger partial charge is 0.240 e. The standard InChI is InChI=1S/C16H19N3O3/c1-11-9-15(18-22-11)19(13(3)20)10-16(21)17-12(2)14-7-5-4-6-8-14/h4-9,12H,10H2,1-3H3,(H,17,21). The molecule has 0 bridgehead atoms. The van der Waals surface area contributed by atoms with Gasteiger partial charge < -0.3 is 9.84 Å². The van der Waals surface area contributed by atoms with Crippen molar-refractivity contribution in [2.24, 2.45) is 0 Å². The lowest BCUT2D eigenvalue weighted by Gasteiger charge is -2.19. The molecular formula is C16H19N3O3. The van der Waals surface area contributed by atoms with Crippen LogP contribution in [-0.4, -0.2) is 23.5 Å². The van der Waals surface area contributed by atoms with E-state index in [0.29, 0.717) is 11.6 Å². The molecule has 0 spiro atoms. The molecule has 0 aliphatic heterocycles. The summed E-state index contributed by atoms with van der Waals surface area (Å²) in [6, 6.07) is 11.1. The molecule has 1 aromatic carbocycles. The van der Waals surface area contributed by atoms with Gasteiger partial charge in [0.15, 0.2) is 5.82 Å². The summed E-state index contributed by atoms with van der Waals surface area (Å²) < 4.78 is 4.95. The van der Waals surface area contributed by atoms with Crippen molar-refractivity contribution < 1.29 is 14.1 Å². The molecule has 1 heterocycles. The van der Waals surface area contributed by atoms with Gasteiger partial charge in [0.2, 0.25) is 11.8 Å². The van der Waals surface area contributed by atoms with Gasteiger partial charge in [-0.15, -0.1) is 0 Å². The number of carbonyl (C=O) groups excluding carboxylic acids is 2. The van der Waals surface area contributed by atoms with E-state index in [2.05, 4.69) is 10.5 Å². The normalized spacial score (nSPS) is 11.8. The lowest BCUT2D eigenvalue weighted by molar-refractivity contribution is -0.123. The van der Waals surface area contributed by atoms with Gasteiger partial charge in [0, 0.05) is 13.0 Å². The fraction of sp³-hybridized carbons (Fsp3) is 0.312. The van der Waals surface area contributed by atoms with Crippen LogP contribution in [-0.2, 0) is 9.59 Å². The molecular weight excluding hydrogens is 282 g/mol. The van der Waals surface area contributed by atoms with E-state index in [0.717, 1.165) is 5.56 Å². The number of rotatable bonds is 5. The first kappa shape index (κ1) is 15.8. The van der Waals surface area contributed by atoms with Gasteiger partial charge in [-0.05, 0) is 19.4 Å². The maximum atomic E-state index is 12.2. The van der Waals surface area contributed by atoms with Gasteiger partial charge in [-0.1, -0.05) is 35.5 Å². The molecule has 1 aromatic heterocycles. The Kier molecular flexibility index (Phi) is 4.93. The summed E-state index contributed by atoms with van der Waals surface area (Å²) in [6.45, 7) is 4.91. The van der Waals surface area contributed by atoms with E-state index >= 15 is 0 Å². The van der Waals surface area contributed by atoms with Gasteiger partial charge in [-0.3, -0.25) is 14.5 Å². The van der Waals surface area contributed by atoms with Gasteiger partial charge in [0.1, 0.15) is 12.3 Å². The fourth-order valence-electron chi connectivity index (χ4n) is 2.09. The van der Waals surface area contributed by atoms with Crippen LogP contribution in [0.25, 0.3) is 0 Å². The zero-order chi connectivity index (χ0) is 16.1. The van der Waals surface area contributed by atoms with E-state index < -0.39 is 0 Å². The molecule has 0 aliphatic carbocycles. The van der Waals surface area contributed by atoms with E-state index in [1.54, 1.807) is 13.0 Å². The third-order valence-corrected chi connectivity index (χ3v) is 3.25. The minimum atomic E-state index is -0.268. The van der Waals surface area contributed by atoms with Crippen LogP contribution in [0.15, 0.2) is 40.9 Å². The minimum absolute atomic E-state index is 0.0987. The van der Waals surface area contributed by atoms with Gasteiger partial charge in [-0.2, -0.15) is 0 Å². The Morgan fingerprint density at radius 3 is 2.55 bits per heavy atom. The summed E-state index contributed by atoms with van der Waals surface area (Å²) >= 11 is 0. The second-order valence-corrected chi connectivity index (χ2v) is 5.10. The summed E-state index contributed by atoms with van der Waals surface area (Å²) in [7, 11) is 0. The Morgan fingerprint density at radius 1 is 1.32 bits per heavy atom. The van der Waals surface area contributed by atoms with E-state index in [4.69, 9.17) is 4.52 Å². The number of nitrogens with zero attached hydrogens (tertiary/aromatic N) is 2. The summed E-state index contributed by atoms with van der Waals surface area (Å²) in [6.07, 6.45) is 0. The number of nitrogens with one attached hydrogen (secondary N) is 1. The predicted molar refractivity (Wildman–Crippen MR) is 82.3 cm³/mol. The SMILES string of the molecule is CC(=O)N(CC(=O)NC(C)c1ccccc1)c1cc(C)on1.